The number of aliphatic hydroxyl groups excluding tert-OH is 1. The molecule has 0 aromatic carbocycles. The van der Waals surface area contributed by atoms with Crippen LogP contribution in [-0.2, 0) is 0 Å². The first-order chi connectivity index (χ1) is 9.31. The maximum atomic E-state index is 9.32. The summed E-state index contributed by atoms with van der Waals surface area (Å²) in [5.41, 5.74) is -0.268. The molecule has 0 aromatic heterocycles. The molecule has 116 valence electrons. The summed E-state index contributed by atoms with van der Waals surface area (Å²) in [5, 5.41) is 9.32. The molecule has 0 heterocycles. The van der Waals surface area contributed by atoms with E-state index >= 15 is 0 Å². The second kappa shape index (κ2) is 16.7. The molecular formula is C16H34OS2. The summed E-state index contributed by atoms with van der Waals surface area (Å²) in [6.07, 6.45) is 18.8. The number of rotatable bonds is 15. The molecule has 19 heavy (non-hydrogen) atoms. The minimum absolute atomic E-state index is 0.268. The van der Waals surface area contributed by atoms with Crippen molar-refractivity contribution in [2.24, 2.45) is 0 Å². The molecule has 0 fully saturated rings. The van der Waals surface area contributed by atoms with Crippen LogP contribution in [0.2, 0.25) is 0 Å². The van der Waals surface area contributed by atoms with Crippen molar-refractivity contribution in [2.45, 2.75) is 102 Å². The average molecular weight is 307 g/mol. The third-order valence-electron chi connectivity index (χ3n) is 3.68. The van der Waals surface area contributed by atoms with E-state index in [0.717, 1.165) is 12.8 Å². The highest BCUT2D eigenvalue weighted by atomic mass is 33.1. The highest BCUT2D eigenvalue weighted by Crippen LogP contribution is 2.19. The van der Waals surface area contributed by atoms with E-state index < -0.39 is 0 Å². The van der Waals surface area contributed by atoms with Gasteiger partial charge in [-0.2, -0.15) is 0 Å². The monoisotopic (exact) mass is 306 g/mol. The second-order valence-electron chi connectivity index (χ2n) is 5.59. The Morgan fingerprint density at radius 2 is 1.11 bits per heavy atom. The smallest absolute Gasteiger partial charge is 0.109 e. The van der Waals surface area contributed by atoms with E-state index in [-0.39, 0.29) is 5.44 Å². The number of hydrogen-bond acceptors (Lipinski definition) is 3. The van der Waals surface area contributed by atoms with Crippen molar-refractivity contribution in [1.82, 2.24) is 0 Å². The maximum Gasteiger partial charge on any atom is 0.109 e. The molecule has 0 aliphatic rings. The van der Waals surface area contributed by atoms with E-state index in [2.05, 4.69) is 18.6 Å². The van der Waals surface area contributed by atoms with Gasteiger partial charge in [0.25, 0.3) is 0 Å². The van der Waals surface area contributed by atoms with Crippen molar-refractivity contribution in [3.63, 3.8) is 0 Å². The van der Waals surface area contributed by atoms with Crippen LogP contribution < -0.4 is 0 Å². The fourth-order valence-corrected chi connectivity index (χ4v) is 2.98. The van der Waals surface area contributed by atoms with E-state index in [4.69, 9.17) is 0 Å². The van der Waals surface area contributed by atoms with Crippen LogP contribution in [0, 0.1) is 0 Å². The molecule has 0 saturated heterocycles. The highest BCUT2D eigenvalue weighted by Gasteiger charge is 2.00. The molecule has 3 heteroatoms. The molecule has 1 unspecified atom stereocenters. The van der Waals surface area contributed by atoms with Crippen LogP contribution >= 0.6 is 22.5 Å². The van der Waals surface area contributed by atoms with Gasteiger partial charge in [0.2, 0.25) is 0 Å². The standard InChI is InChI=1S/C16H34OS2/c1-2-3-4-5-6-7-8-9-10-11-12-13-14-15-16(17)19-18/h16-18H,2-15H2,1H3. The van der Waals surface area contributed by atoms with Crippen LogP contribution in [-0.4, -0.2) is 10.5 Å². The minimum Gasteiger partial charge on any atom is -0.382 e. The molecule has 1 N–H and O–H groups in total. The largest absolute Gasteiger partial charge is 0.382 e. The lowest BCUT2D eigenvalue weighted by Gasteiger charge is -2.06. The third kappa shape index (κ3) is 16.6. The molecule has 1 nitrogen and oxygen atoms in total. The topological polar surface area (TPSA) is 20.2 Å². The third-order valence-corrected chi connectivity index (χ3v) is 4.89. The fraction of sp³-hybridized carbons (Fsp3) is 1.00. The molecule has 0 spiro atoms. The van der Waals surface area contributed by atoms with Crippen molar-refractivity contribution in [3.05, 3.63) is 0 Å². The van der Waals surface area contributed by atoms with E-state index in [1.54, 1.807) is 0 Å². The summed E-state index contributed by atoms with van der Waals surface area (Å²) in [6, 6.07) is 0. The summed E-state index contributed by atoms with van der Waals surface area (Å²) < 4.78 is 0. The number of aliphatic hydroxyl groups is 1. The summed E-state index contributed by atoms with van der Waals surface area (Å²) in [6.45, 7) is 2.28. The van der Waals surface area contributed by atoms with Gasteiger partial charge in [-0.25, -0.2) is 0 Å². The number of hydrogen-bond donors (Lipinski definition) is 2. The van der Waals surface area contributed by atoms with Gasteiger partial charge in [0.1, 0.15) is 5.44 Å². The Hall–Kier alpha value is 0.660. The van der Waals surface area contributed by atoms with Crippen LogP contribution in [0.1, 0.15) is 96.8 Å². The van der Waals surface area contributed by atoms with Crippen LogP contribution in [0.5, 0.6) is 0 Å². The maximum absolute atomic E-state index is 9.32. The zero-order valence-corrected chi connectivity index (χ0v) is 14.5. The Kier molecular flexibility index (Phi) is 17.3. The first-order valence-corrected chi connectivity index (χ1v) is 10.2. The lowest BCUT2D eigenvalue weighted by atomic mass is 10.0. The molecule has 0 rings (SSSR count). The molecule has 0 amide bonds. The average Bonchev–Trinajstić information content (AvgIpc) is 2.43. The highest BCUT2D eigenvalue weighted by molar-refractivity contribution is 8.68. The van der Waals surface area contributed by atoms with Gasteiger partial charge in [0.15, 0.2) is 0 Å². The summed E-state index contributed by atoms with van der Waals surface area (Å²) in [7, 11) is 1.26. The van der Waals surface area contributed by atoms with Crippen LogP contribution in [0.4, 0.5) is 0 Å². The zero-order valence-electron chi connectivity index (χ0n) is 12.8. The fourth-order valence-electron chi connectivity index (χ4n) is 2.39. The van der Waals surface area contributed by atoms with E-state index in [0.29, 0.717) is 0 Å². The van der Waals surface area contributed by atoms with Crippen molar-refractivity contribution in [3.8, 4) is 0 Å². The van der Waals surface area contributed by atoms with E-state index in [1.807, 2.05) is 0 Å². The van der Waals surface area contributed by atoms with Gasteiger partial charge in [-0.15, -0.1) is 11.7 Å². The van der Waals surface area contributed by atoms with Crippen molar-refractivity contribution < 1.29 is 5.11 Å². The van der Waals surface area contributed by atoms with Gasteiger partial charge < -0.3 is 5.11 Å². The lowest BCUT2D eigenvalue weighted by Crippen LogP contribution is -1.97. The zero-order chi connectivity index (χ0) is 14.2. The SMILES string of the molecule is CCCCCCCCCCCCCCCC(O)SS. The van der Waals surface area contributed by atoms with Gasteiger partial charge in [-0.3, -0.25) is 0 Å². The van der Waals surface area contributed by atoms with Crippen LogP contribution in [0.3, 0.4) is 0 Å². The van der Waals surface area contributed by atoms with Crippen molar-refractivity contribution in [2.75, 3.05) is 0 Å². The Morgan fingerprint density at radius 3 is 1.47 bits per heavy atom. The van der Waals surface area contributed by atoms with Gasteiger partial charge in [0.05, 0.1) is 0 Å². The molecule has 0 radical (unpaired) electrons. The number of unbranched alkanes of at least 4 members (excludes halogenated alkanes) is 12. The summed E-state index contributed by atoms with van der Waals surface area (Å²) in [4.78, 5) is 0. The first kappa shape index (κ1) is 19.7. The Morgan fingerprint density at radius 1 is 0.737 bits per heavy atom. The van der Waals surface area contributed by atoms with E-state index in [1.165, 1.54) is 87.8 Å². The molecule has 0 aliphatic carbocycles. The molecule has 0 bridgehead atoms. The molecular weight excluding hydrogens is 272 g/mol. The second-order valence-corrected chi connectivity index (χ2v) is 6.98. The summed E-state index contributed by atoms with van der Waals surface area (Å²) in [5.74, 6) is 0. The van der Waals surface area contributed by atoms with Crippen LogP contribution in [0.15, 0.2) is 0 Å². The Labute approximate surface area is 130 Å². The van der Waals surface area contributed by atoms with E-state index in [9.17, 15) is 5.11 Å². The van der Waals surface area contributed by atoms with Gasteiger partial charge in [-0.1, -0.05) is 94.8 Å². The predicted molar refractivity (Wildman–Crippen MR) is 92.9 cm³/mol. The minimum atomic E-state index is -0.268. The number of thiol groups is 1. The Balaban J connectivity index is 2.95. The normalized spacial score (nSPS) is 12.8. The van der Waals surface area contributed by atoms with Crippen molar-refractivity contribution in [1.29, 1.82) is 0 Å². The Bertz CT molecular complexity index is 165. The lowest BCUT2D eigenvalue weighted by molar-refractivity contribution is 0.249. The first-order valence-electron chi connectivity index (χ1n) is 8.29. The molecule has 1 atom stereocenters. The molecule has 0 aliphatic heterocycles. The predicted octanol–water partition coefficient (Wildman–Crippen LogP) is 6.36. The van der Waals surface area contributed by atoms with Gasteiger partial charge in [0, 0.05) is 0 Å². The van der Waals surface area contributed by atoms with Crippen LogP contribution in [0.25, 0.3) is 0 Å². The molecule has 0 aromatic rings. The summed E-state index contributed by atoms with van der Waals surface area (Å²) >= 11 is 4.00. The quantitative estimate of drug-likeness (QED) is 0.159. The van der Waals surface area contributed by atoms with Gasteiger partial charge >= 0.3 is 0 Å². The van der Waals surface area contributed by atoms with Crippen molar-refractivity contribution >= 4 is 22.5 Å². The van der Waals surface area contributed by atoms with Gasteiger partial charge in [-0.05, 0) is 12.8 Å². The molecule has 0 saturated carbocycles.